The summed E-state index contributed by atoms with van der Waals surface area (Å²) in [5, 5.41) is 0. The highest BCUT2D eigenvalue weighted by Crippen LogP contribution is 2.60. The average Bonchev–Trinajstić information content (AvgIpc) is 3.39. The Balaban J connectivity index is 1.62. The number of likely N-dealkylation sites (tertiary alicyclic amines) is 1. The molecule has 1 spiro atoms. The minimum absolute atomic E-state index is 0.0709. The van der Waals surface area contributed by atoms with E-state index in [-0.39, 0.29) is 17.6 Å². The van der Waals surface area contributed by atoms with Crippen molar-refractivity contribution < 1.29 is 23.9 Å². The molecule has 2 aliphatic carbocycles. The van der Waals surface area contributed by atoms with Crippen LogP contribution in [-0.4, -0.2) is 40.0 Å². The molecule has 168 valence electrons. The Bertz CT molecular complexity index is 1160. The third-order valence-electron chi connectivity index (χ3n) is 8.08. The number of hydrogen-bond donors (Lipinski definition) is 0. The second-order valence-corrected chi connectivity index (χ2v) is 9.77. The standard InChI is InChI=1S/C27H25NO5/c1-15-11-13-16(14-12-15)22-20-21(26(32)33-25(20)31)27(28(22)17-7-3-2-4-8-17)23(29)18-9-5-6-10-19(18)24(27)30/h5-6,9-14,17,20-22H,2-4,7-8H2,1H3/t20-,21-,22-/m0/s1. The van der Waals surface area contributed by atoms with Gasteiger partial charge in [0.1, 0.15) is 5.92 Å². The van der Waals surface area contributed by atoms with E-state index >= 15 is 0 Å². The summed E-state index contributed by atoms with van der Waals surface area (Å²) in [6, 6.07) is 13.9. The third kappa shape index (κ3) is 2.58. The number of carbonyl (C=O) groups is 4. The van der Waals surface area contributed by atoms with Gasteiger partial charge in [-0.05, 0) is 25.3 Å². The summed E-state index contributed by atoms with van der Waals surface area (Å²) >= 11 is 0. The highest BCUT2D eigenvalue weighted by atomic mass is 16.6. The van der Waals surface area contributed by atoms with Gasteiger partial charge in [0.15, 0.2) is 17.1 Å². The molecule has 33 heavy (non-hydrogen) atoms. The number of ketones is 2. The number of ether oxygens (including phenoxy) is 1. The summed E-state index contributed by atoms with van der Waals surface area (Å²) in [6.45, 7) is 1.98. The number of rotatable bonds is 2. The molecule has 4 aliphatic rings. The first-order valence-electron chi connectivity index (χ1n) is 11.8. The van der Waals surface area contributed by atoms with Crippen LogP contribution in [0.25, 0.3) is 0 Å². The number of Topliss-reactive ketones (excluding diaryl/α,β-unsaturated/α-hetero) is 2. The van der Waals surface area contributed by atoms with Gasteiger partial charge in [0.25, 0.3) is 0 Å². The molecular formula is C27H25NO5. The lowest BCUT2D eigenvalue weighted by molar-refractivity contribution is -0.156. The SMILES string of the molecule is Cc1ccc([C@H]2[C@H]3C(=O)OC(=O)[C@H]3C3(C(=O)c4ccccc4C3=O)N2C2CCCCC2)cc1. The molecule has 6 rings (SSSR count). The van der Waals surface area contributed by atoms with Crippen molar-refractivity contribution in [2.45, 2.75) is 56.7 Å². The maximum Gasteiger partial charge on any atom is 0.320 e. The number of nitrogens with zero attached hydrogens (tertiary/aromatic N) is 1. The number of aryl methyl sites for hydroxylation is 1. The number of cyclic esters (lactones) is 2. The van der Waals surface area contributed by atoms with E-state index in [1.54, 1.807) is 24.3 Å². The Kier molecular flexibility index (Phi) is 4.46. The lowest BCUT2D eigenvalue weighted by Crippen LogP contribution is -2.61. The van der Waals surface area contributed by atoms with Crippen LogP contribution in [0.1, 0.15) is 70.0 Å². The maximum absolute atomic E-state index is 14.1. The molecule has 0 aromatic heterocycles. The number of fused-ring (bicyclic) bond motifs is 3. The fourth-order valence-corrected chi connectivity index (χ4v) is 6.72. The minimum atomic E-state index is -1.73. The highest BCUT2D eigenvalue weighted by molar-refractivity contribution is 6.35. The molecule has 3 fully saturated rings. The van der Waals surface area contributed by atoms with Crippen molar-refractivity contribution in [1.29, 1.82) is 0 Å². The Labute approximate surface area is 191 Å². The molecule has 2 aromatic rings. The van der Waals surface area contributed by atoms with E-state index in [0.29, 0.717) is 11.1 Å². The topological polar surface area (TPSA) is 80.8 Å². The second kappa shape index (κ2) is 7.19. The van der Waals surface area contributed by atoms with Gasteiger partial charge in [-0.15, -0.1) is 0 Å². The molecule has 0 bridgehead atoms. The van der Waals surface area contributed by atoms with E-state index in [9.17, 15) is 19.2 Å². The zero-order valence-corrected chi connectivity index (χ0v) is 18.5. The quantitative estimate of drug-likeness (QED) is 0.519. The molecule has 0 N–H and O–H groups in total. The molecule has 2 saturated heterocycles. The highest BCUT2D eigenvalue weighted by Gasteiger charge is 2.77. The predicted molar refractivity (Wildman–Crippen MR) is 119 cm³/mol. The summed E-state index contributed by atoms with van der Waals surface area (Å²) in [6.07, 6.45) is 4.72. The van der Waals surface area contributed by atoms with Gasteiger partial charge in [0.2, 0.25) is 0 Å². The molecule has 2 aromatic carbocycles. The molecule has 2 aliphatic heterocycles. The molecule has 0 amide bonds. The van der Waals surface area contributed by atoms with Crippen molar-refractivity contribution in [2.75, 3.05) is 0 Å². The van der Waals surface area contributed by atoms with Crippen LogP contribution in [0.15, 0.2) is 48.5 Å². The molecule has 6 heteroatoms. The van der Waals surface area contributed by atoms with E-state index in [0.717, 1.165) is 43.2 Å². The van der Waals surface area contributed by atoms with E-state index in [4.69, 9.17) is 4.74 Å². The average molecular weight is 443 g/mol. The van der Waals surface area contributed by atoms with E-state index < -0.39 is 35.4 Å². The first-order chi connectivity index (χ1) is 16.0. The van der Waals surface area contributed by atoms with Crippen LogP contribution >= 0.6 is 0 Å². The molecule has 2 heterocycles. The number of esters is 2. The van der Waals surface area contributed by atoms with E-state index in [1.807, 2.05) is 36.1 Å². The molecule has 3 atom stereocenters. The number of carbonyl (C=O) groups excluding carboxylic acids is 4. The van der Waals surface area contributed by atoms with Gasteiger partial charge in [0, 0.05) is 17.2 Å². The second-order valence-electron chi connectivity index (χ2n) is 9.77. The molecule has 1 saturated carbocycles. The minimum Gasteiger partial charge on any atom is -0.393 e. The normalized spacial score (nSPS) is 28.9. The summed E-state index contributed by atoms with van der Waals surface area (Å²) in [4.78, 5) is 56.5. The van der Waals surface area contributed by atoms with Crippen LogP contribution < -0.4 is 0 Å². The first-order valence-corrected chi connectivity index (χ1v) is 11.8. The van der Waals surface area contributed by atoms with Crippen LogP contribution in [0.2, 0.25) is 0 Å². The van der Waals surface area contributed by atoms with Crippen molar-refractivity contribution in [3.05, 3.63) is 70.8 Å². The predicted octanol–water partition coefficient (Wildman–Crippen LogP) is 3.82. The van der Waals surface area contributed by atoms with Gasteiger partial charge in [-0.25, -0.2) is 0 Å². The van der Waals surface area contributed by atoms with Crippen molar-refractivity contribution in [1.82, 2.24) is 4.90 Å². The molecule has 0 unspecified atom stereocenters. The van der Waals surface area contributed by atoms with Gasteiger partial charge >= 0.3 is 11.9 Å². The maximum atomic E-state index is 14.1. The van der Waals surface area contributed by atoms with Gasteiger partial charge in [-0.2, -0.15) is 0 Å². The summed E-state index contributed by atoms with van der Waals surface area (Å²) < 4.78 is 5.11. The van der Waals surface area contributed by atoms with Crippen LogP contribution in [0.5, 0.6) is 0 Å². The smallest absolute Gasteiger partial charge is 0.320 e. The van der Waals surface area contributed by atoms with Crippen LogP contribution in [-0.2, 0) is 14.3 Å². The number of hydrogen-bond acceptors (Lipinski definition) is 6. The molecule has 6 nitrogen and oxygen atoms in total. The van der Waals surface area contributed by atoms with Gasteiger partial charge in [-0.3, -0.25) is 24.1 Å². The summed E-state index contributed by atoms with van der Waals surface area (Å²) in [5.74, 6) is -4.15. The third-order valence-corrected chi connectivity index (χ3v) is 8.08. The number of benzene rings is 2. The summed E-state index contributed by atoms with van der Waals surface area (Å²) in [5.41, 5.74) is 0.839. The van der Waals surface area contributed by atoms with Crippen molar-refractivity contribution >= 4 is 23.5 Å². The fourth-order valence-electron chi connectivity index (χ4n) is 6.72. The van der Waals surface area contributed by atoms with Gasteiger partial charge in [0.05, 0.1) is 12.0 Å². The Hall–Kier alpha value is -3.12. The van der Waals surface area contributed by atoms with Crippen molar-refractivity contribution in [3.63, 3.8) is 0 Å². The lowest BCUT2D eigenvalue weighted by Gasteiger charge is -2.44. The zero-order chi connectivity index (χ0) is 22.9. The Morgan fingerprint density at radius 1 is 0.818 bits per heavy atom. The van der Waals surface area contributed by atoms with Crippen molar-refractivity contribution in [3.8, 4) is 0 Å². The van der Waals surface area contributed by atoms with Gasteiger partial charge in [-0.1, -0.05) is 73.4 Å². The Morgan fingerprint density at radius 3 is 2.03 bits per heavy atom. The van der Waals surface area contributed by atoms with Crippen LogP contribution in [0.3, 0.4) is 0 Å². The zero-order valence-electron chi connectivity index (χ0n) is 18.5. The molecular weight excluding hydrogens is 418 g/mol. The monoisotopic (exact) mass is 443 g/mol. The van der Waals surface area contributed by atoms with Gasteiger partial charge < -0.3 is 4.74 Å². The Morgan fingerprint density at radius 2 is 1.42 bits per heavy atom. The molecule has 0 radical (unpaired) electrons. The van der Waals surface area contributed by atoms with Crippen LogP contribution in [0.4, 0.5) is 0 Å². The fraction of sp³-hybridized carbons (Fsp3) is 0.407. The first kappa shape index (κ1) is 20.5. The van der Waals surface area contributed by atoms with E-state index in [2.05, 4.69) is 0 Å². The van der Waals surface area contributed by atoms with E-state index in [1.165, 1.54) is 0 Å². The largest absolute Gasteiger partial charge is 0.393 e. The lowest BCUT2D eigenvalue weighted by atomic mass is 9.75. The summed E-state index contributed by atoms with van der Waals surface area (Å²) in [7, 11) is 0. The van der Waals surface area contributed by atoms with Crippen LogP contribution in [0, 0.1) is 18.8 Å². The van der Waals surface area contributed by atoms with Crippen molar-refractivity contribution in [2.24, 2.45) is 11.8 Å².